The number of carbonyl (C=O) groups is 1. The summed E-state index contributed by atoms with van der Waals surface area (Å²) < 4.78 is 6.93. The zero-order chi connectivity index (χ0) is 15.2. The summed E-state index contributed by atoms with van der Waals surface area (Å²) in [5, 5.41) is 2.93. The Morgan fingerprint density at radius 1 is 1.43 bits per heavy atom. The standard InChI is InChI=1S/C15H22BrN3O2/c1-18(2)10-8-17-15(20)19-9-7-14(11-19)21-13-5-3-12(16)4-6-13/h3-6,14H,7-11H2,1-2H3,(H,17,20). The van der Waals surface area contributed by atoms with Crippen molar-refractivity contribution in [1.82, 2.24) is 15.1 Å². The lowest BCUT2D eigenvalue weighted by molar-refractivity contribution is 0.186. The summed E-state index contributed by atoms with van der Waals surface area (Å²) in [4.78, 5) is 15.9. The van der Waals surface area contributed by atoms with E-state index in [1.807, 2.05) is 48.2 Å². The number of nitrogens with one attached hydrogen (secondary N) is 1. The first-order valence-electron chi connectivity index (χ1n) is 7.14. The second kappa shape index (κ2) is 7.66. The second-order valence-electron chi connectivity index (χ2n) is 5.46. The Labute approximate surface area is 134 Å². The van der Waals surface area contributed by atoms with Crippen LogP contribution in [0.4, 0.5) is 4.79 Å². The lowest BCUT2D eigenvalue weighted by atomic mass is 10.3. The predicted octanol–water partition coefficient (Wildman–Crippen LogP) is 2.17. The van der Waals surface area contributed by atoms with Gasteiger partial charge in [0.15, 0.2) is 0 Å². The third-order valence-corrected chi connectivity index (χ3v) is 3.91. The highest BCUT2D eigenvalue weighted by molar-refractivity contribution is 9.10. The van der Waals surface area contributed by atoms with Crippen molar-refractivity contribution < 1.29 is 9.53 Å². The van der Waals surface area contributed by atoms with E-state index in [0.717, 1.165) is 29.7 Å². The molecule has 5 nitrogen and oxygen atoms in total. The maximum Gasteiger partial charge on any atom is 0.317 e. The predicted molar refractivity (Wildman–Crippen MR) is 86.7 cm³/mol. The molecule has 116 valence electrons. The summed E-state index contributed by atoms with van der Waals surface area (Å²) in [6.07, 6.45) is 0.947. The Balaban J connectivity index is 1.75. The van der Waals surface area contributed by atoms with Crippen LogP contribution < -0.4 is 10.1 Å². The second-order valence-corrected chi connectivity index (χ2v) is 6.38. The van der Waals surface area contributed by atoms with E-state index >= 15 is 0 Å². The van der Waals surface area contributed by atoms with Crippen molar-refractivity contribution in [3.05, 3.63) is 28.7 Å². The molecule has 1 aromatic carbocycles. The summed E-state index contributed by atoms with van der Waals surface area (Å²) in [7, 11) is 3.98. The topological polar surface area (TPSA) is 44.8 Å². The van der Waals surface area contributed by atoms with Crippen LogP contribution in [0.1, 0.15) is 6.42 Å². The van der Waals surface area contributed by atoms with Crippen molar-refractivity contribution in [1.29, 1.82) is 0 Å². The number of nitrogens with zero attached hydrogens (tertiary/aromatic N) is 2. The van der Waals surface area contributed by atoms with E-state index in [2.05, 4.69) is 21.2 Å². The van der Waals surface area contributed by atoms with Crippen molar-refractivity contribution in [3.63, 3.8) is 0 Å². The molecule has 1 aliphatic heterocycles. The number of hydrogen-bond donors (Lipinski definition) is 1. The van der Waals surface area contributed by atoms with E-state index in [-0.39, 0.29) is 12.1 Å². The van der Waals surface area contributed by atoms with Gasteiger partial charge in [-0.25, -0.2) is 4.79 Å². The highest BCUT2D eigenvalue weighted by Crippen LogP contribution is 2.20. The van der Waals surface area contributed by atoms with Crippen LogP contribution in [0.3, 0.4) is 0 Å². The van der Waals surface area contributed by atoms with Gasteiger partial charge in [-0.1, -0.05) is 15.9 Å². The smallest absolute Gasteiger partial charge is 0.317 e. The molecule has 6 heteroatoms. The van der Waals surface area contributed by atoms with Gasteiger partial charge in [-0.15, -0.1) is 0 Å². The maximum absolute atomic E-state index is 12.0. The van der Waals surface area contributed by atoms with Gasteiger partial charge < -0.3 is 19.9 Å². The van der Waals surface area contributed by atoms with E-state index in [1.165, 1.54) is 0 Å². The first-order chi connectivity index (χ1) is 10.0. The van der Waals surface area contributed by atoms with E-state index in [4.69, 9.17) is 4.74 Å². The molecule has 1 aliphatic rings. The van der Waals surface area contributed by atoms with Crippen molar-refractivity contribution in [3.8, 4) is 5.75 Å². The first-order valence-corrected chi connectivity index (χ1v) is 7.93. The molecular weight excluding hydrogens is 334 g/mol. The third-order valence-electron chi connectivity index (χ3n) is 3.38. The van der Waals surface area contributed by atoms with Gasteiger partial charge >= 0.3 is 6.03 Å². The summed E-state index contributed by atoms with van der Waals surface area (Å²) in [5.74, 6) is 0.845. The fraction of sp³-hybridized carbons (Fsp3) is 0.533. The first kappa shape index (κ1) is 16.1. The van der Waals surface area contributed by atoms with Crippen molar-refractivity contribution >= 4 is 22.0 Å². The molecule has 1 saturated heterocycles. The number of rotatable bonds is 5. The van der Waals surface area contributed by atoms with Crippen LogP contribution in [0.5, 0.6) is 5.75 Å². The number of hydrogen-bond acceptors (Lipinski definition) is 3. The number of amides is 2. The van der Waals surface area contributed by atoms with E-state index in [0.29, 0.717) is 13.1 Å². The highest BCUT2D eigenvalue weighted by atomic mass is 79.9. The zero-order valence-electron chi connectivity index (χ0n) is 12.5. The number of likely N-dealkylation sites (tertiary alicyclic amines) is 1. The third kappa shape index (κ3) is 5.21. The fourth-order valence-electron chi connectivity index (χ4n) is 2.21. The van der Waals surface area contributed by atoms with Crippen molar-refractivity contribution in [2.24, 2.45) is 0 Å². The Bertz CT molecular complexity index is 464. The molecule has 1 N–H and O–H groups in total. The average Bonchev–Trinajstić information content (AvgIpc) is 2.89. The molecular formula is C15H22BrN3O2. The Hall–Kier alpha value is -1.27. The zero-order valence-corrected chi connectivity index (χ0v) is 14.1. The van der Waals surface area contributed by atoms with E-state index < -0.39 is 0 Å². The normalized spacial score (nSPS) is 18.1. The van der Waals surface area contributed by atoms with E-state index in [9.17, 15) is 4.79 Å². The van der Waals surface area contributed by atoms with Crippen LogP contribution in [0.2, 0.25) is 0 Å². The molecule has 0 bridgehead atoms. The van der Waals surface area contributed by atoms with Crippen molar-refractivity contribution in [2.75, 3.05) is 40.3 Å². The Kier molecular flexibility index (Phi) is 5.87. The number of halogens is 1. The largest absolute Gasteiger partial charge is 0.489 e. The monoisotopic (exact) mass is 355 g/mol. The number of benzene rings is 1. The van der Waals surface area contributed by atoms with Gasteiger partial charge in [-0.2, -0.15) is 0 Å². The molecule has 21 heavy (non-hydrogen) atoms. The van der Waals surface area contributed by atoms with Crippen molar-refractivity contribution in [2.45, 2.75) is 12.5 Å². The van der Waals surface area contributed by atoms with Crippen LogP contribution in [0.15, 0.2) is 28.7 Å². The average molecular weight is 356 g/mol. The lowest BCUT2D eigenvalue weighted by Gasteiger charge is -2.19. The van der Waals surface area contributed by atoms with Gasteiger partial charge in [0.25, 0.3) is 0 Å². The number of carbonyl (C=O) groups excluding carboxylic acids is 1. The summed E-state index contributed by atoms with van der Waals surface area (Å²) in [5.41, 5.74) is 0. The molecule has 1 aromatic rings. The maximum atomic E-state index is 12.0. The van der Waals surface area contributed by atoms with Gasteiger partial charge in [0.05, 0.1) is 6.54 Å². The molecule has 0 radical (unpaired) electrons. The molecule has 0 spiro atoms. The van der Waals surface area contributed by atoms with Crippen LogP contribution in [0.25, 0.3) is 0 Å². The molecule has 0 aromatic heterocycles. The lowest BCUT2D eigenvalue weighted by Crippen LogP contribution is -2.41. The summed E-state index contributed by atoms with van der Waals surface area (Å²) in [6, 6.07) is 7.78. The van der Waals surface area contributed by atoms with Crippen LogP contribution in [-0.2, 0) is 0 Å². The minimum atomic E-state index is -0.00115. The minimum Gasteiger partial charge on any atom is -0.489 e. The molecule has 1 heterocycles. The van der Waals surface area contributed by atoms with Gasteiger partial charge in [0.2, 0.25) is 0 Å². The molecule has 1 unspecified atom stereocenters. The quantitative estimate of drug-likeness (QED) is 0.880. The molecule has 2 rings (SSSR count). The molecule has 1 atom stereocenters. The van der Waals surface area contributed by atoms with Crippen LogP contribution >= 0.6 is 15.9 Å². The summed E-state index contributed by atoms with van der Waals surface area (Å²) >= 11 is 3.40. The Morgan fingerprint density at radius 2 is 2.14 bits per heavy atom. The van der Waals surface area contributed by atoms with Crippen LogP contribution in [-0.4, -0.2) is 62.2 Å². The van der Waals surface area contributed by atoms with Gasteiger partial charge in [0.1, 0.15) is 11.9 Å². The number of likely N-dealkylation sites (N-methyl/N-ethyl adjacent to an activating group) is 1. The summed E-state index contributed by atoms with van der Waals surface area (Å²) in [6.45, 7) is 2.90. The number of ether oxygens (including phenoxy) is 1. The van der Waals surface area contributed by atoms with Gasteiger partial charge in [-0.05, 0) is 38.4 Å². The SMILES string of the molecule is CN(C)CCNC(=O)N1CCC(Oc2ccc(Br)cc2)C1. The van der Waals surface area contributed by atoms with Gasteiger partial charge in [0, 0.05) is 30.5 Å². The molecule has 2 amide bonds. The fourth-order valence-corrected chi connectivity index (χ4v) is 2.48. The molecule has 0 saturated carbocycles. The van der Waals surface area contributed by atoms with E-state index in [1.54, 1.807) is 0 Å². The minimum absolute atomic E-state index is 0.00115. The number of urea groups is 1. The Morgan fingerprint density at radius 3 is 2.81 bits per heavy atom. The molecule has 0 aliphatic carbocycles. The molecule has 1 fully saturated rings. The highest BCUT2D eigenvalue weighted by Gasteiger charge is 2.27. The van der Waals surface area contributed by atoms with Gasteiger partial charge in [-0.3, -0.25) is 0 Å². The van der Waals surface area contributed by atoms with Crippen LogP contribution in [0, 0.1) is 0 Å².